The number of nitrogens with two attached hydrogens (primary N) is 1. The first kappa shape index (κ1) is 14.0. The van der Waals surface area contributed by atoms with Crippen molar-refractivity contribution >= 4 is 5.69 Å². The number of hydrogen-bond acceptors (Lipinski definition) is 4. The van der Waals surface area contributed by atoms with Crippen LogP contribution in [-0.4, -0.2) is 11.1 Å². The second-order valence-electron chi connectivity index (χ2n) is 4.39. The molecule has 1 aromatic carbocycles. The number of pyridine rings is 1. The molecule has 20 heavy (non-hydrogen) atoms. The summed E-state index contributed by atoms with van der Waals surface area (Å²) < 4.78 is 36.6. The van der Waals surface area contributed by atoms with E-state index in [4.69, 9.17) is 15.2 Å². The molecule has 2 aromatic rings. The van der Waals surface area contributed by atoms with Gasteiger partial charge in [-0.1, -0.05) is 0 Å². The molecule has 0 saturated heterocycles. The highest BCUT2D eigenvalue weighted by molar-refractivity contribution is 5.49. The number of nitrogen functional groups attached to an aromatic ring is 1. The van der Waals surface area contributed by atoms with E-state index in [1.807, 2.05) is 13.8 Å². The fourth-order valence-corrected chi connectivity index (χ4v) is 1.47. The van der Waals surface area contributed by atoms with Crippen molar-refractivity contribution in [3.8, 4) is 17.5 Å². The number of ether oxygens (including phenoxy) is 2. The number of rotatable bonds is 4. The van der Waals surface area contributed by atoms with Crippen LogP contribution in [0.4, 0.5) is 14.5 Å². The maximum absolute atomic E-state index is 13.1. The molecule has 1 heterocycles. The smallest absolute Gasteiger partial charge is 0.240 e. The lowest BCUT2D eigenvalue weighted by atomic mass is 10.3. The Labute approximate surface area is 115 Å². The Kier molecular flexibility index (Phi) is 4.02. The van der Waals surface area contributed by atoms with E-state index >= 15 is 0 Å². The fourth-order valence-electron chi connectivity index (χ4n) is 1.47. The second kappa shape index (κ2) is 5.73. The highest BCUT2D eigenvalue weighted by atomic mass is 19.2. The zero-order valence-electron chi connectivity index (χ0n) is 11.1. The van der Waals surface area contributed by atoms with E-state index in [1.165, 1.54) is 12.1 Å². The van der Waals surface area contributed by atoms with Crippen molar-refractivity contribution in [3.05, 3.63) is 42.0 Å². The number of nitrogens with zero attached hydrogens (tertiary/aromatic N) is 1. The topological polar surface area (TPSA) is 57.4 Å². The SMILES string of the molecule is CC(C)Oc1nc(Oc2ccc(F)c(F)c2)ccc1N. The van der Waals surface area contributed by atoms with Gasteiger partial charge in [-0.15, -0.1) is 0 Å². The Morgan fingerprint density at radius 3 is 2.50 bits per heavy atom. The van der Waals surface area contributed by atoms with Crippen LogP contribution in [0.15, 0.2) is 30.3 Å². The van der Waals surface area contributed by atoms with Crippen molar-refractivity contribution in [2.45, 2.75) is 20.0 Å². The molecule has 0 aliphatic carbocycles. The van der Waals surface area contributed by atoms with Gasteiger partial charge in [0.2, 0.25) is 11.8 Å². The van der Waals surface area contributed by atoms with Crippen LogP contribution >= 0.6 is 0 Å². The first-order chi connectivity index (χ1) is 9.45. The Hall–Kier alpha value is -2.37. The maximum atomic E-state index is 13.1. The summed E-state index contributed by atoms with van der Waals surface area (Å²) in [6.45, 7) is 3.67. The predicted octanol–water partition coefficient (Wildman–Crippen LogP) is 3.52. The summed E-state index contributed by atoms with van der Waals surface area (Å²) in [5.41, 5.74) is 6.09. The highest BCUT2D eigenvalue weighted by Gasteiger charge is 2.09. The molecule has 0 aliphatic rings. The molecule has 0 fully saturated rings. The maximum Gasteiger partial charge on any atom is 0.240 e. The van der Waals surface area contributed by atoms with Crippen molar-refractivity contribution in [2.24, 2.45) is 0 Å². The summed E-state index contributed by atoms with van der Waals surface area (Å²) in [4.78, 5) is 4.07. The molecule has 0 bridgehead atoms. The van der Waals surface area contributed by atoms with Crippen LogP contribution in [0.5, 0.6) is 17.5 Å². The van der Waals surface area contributed by atoms with Crippen LogP contribution in [0, 0.1) is 11.6 Å². The van der Waals surface area contributed by atoms with Gasteiger partial charge in [-0.25, -0.2) is 8.78 Å². The van der Waals surface area contributed by atoms with E-state index in [2.05, 4.69) is 4.98 Å². The summed E-state index contributed by atoms with van der Waals surface area (Å²) in [5, 5.41) is 0. The summed E-state index contributed by atoms with van der Waals surface area (Å²) >= 11 is 0. The van der Waals surface area contributed by atoms with Crippen LogP contribution in [0.3, 0.4) is 0 Å². The van der Waals surface area contributed by atoms with Crippen LogP contribution in [-0.2, 0) is 0 Å². The van der Waals surface area contributed by atoms with Gasteiger partial charge in [0, 0.05) is 12.1 Å². The normalized spacial score (nSPS) is 10.7. The van der Waals surface area contributed by atoms with Crippen molar-refractivity contribution in [1.82, 2.24) is 4.98 Å². The van der Waals surface area contributed by atoms with Crippen LogP contribution < -0.4 is 15.2 Å². The van der Waals surface area contributed by atoms with Crippen molar-refractivity contribution < 1.29 is 18.3 Å². The first-order valence-corrected chi connectivity index (χ1v) is 6.02. The zero-order chi connectivity index (χ0) is 14.7. The number of benzene rings is 1. The molecule has 4 nitrogen and oxygen atoms in total. The summed E-state index contributed by atoms with van der Waals surface area (Å²) in [7, 11) is 0. The minimum Gasteiger partial charge on any atom is -0.473 e. The van der Waals surface area contributed by atoms with E-state index in [-0.39, 0.29) is 23.6 Å². The van der Waals surface area contributed by atoms with Gasteiger partial charge < -0.3 is 15.2 Å². The van der Waals surface area contributed by atoms with Gasteiger partial charge in [-0.3, -0.25) is 0 Å². The fraction of sp³-hybridized carbons (Fsp3) is 0.214. The van der Waals surface area contributed by atoms with Gasteiger partial charge in [-0.05, 0) is 32.0 Å². The molecular formula is C14H14F2N2O2. The lowest BCUT2D eigenvalue weighted by Crippen LogP contribution is -2.09. The molecule has 0 radical (unpaired) electrons. The molecule has 0 aliphatic heterocycles. The van der Waals surface area contributed by atoms with E-state index in [1.54, 1.807) is 6.07 Å². The van der Waals surface area contributed by atoms with Crippen LogP contribution in [0.2, 0.25) is 0 Å². The molecule has 0 atom stereocenters. The van der Waals surface area contributed by atoms with Crippen LogP contribution in [0.1, 0.15) is 13.8 Å². The van der Waals surface area contributed by atoms with E-state index in [0.717, 1.165) is 12.1 Å². The summed E-state index contributed by atoms with van der Waals surface area (Å²) in [5.74, 6) is -1.37. The summed E-state index contributed by atoms with van der Waals surface area (Å²) in [6, 6.07) is 6.31. The van der Waals surface area contributed by atoms with Gasteiger partial charge in [0.05, 0.1) is 11.8 Å². The number of hydrogen-bond donors (Lipinski definition) is 1. The highest BCUT2D eigenvalue weighted by Crippen LogP contribution is 2.27. The molecule has 2 N–H and O–H groups in total. The van der Waals surface area contributed by atoms with Crippen LogP contribution in [0.25, 0.3) is 0 Å². The first-order valence-electron chi connectivity index (χ1n) is 6.02. The Morgan fingerprint density at radius 1 is 1.10 bits per heavy atom. The quantitative estimate of drug-likeness (QED) is 0.931. The third-order valence-corrected chi connectivity index (χ3v) is 2.32. The average Bonchev–Trinajstić information content (AvgIpc) is 2.37. The molecule has 6 heteroatoms. The van der Waals surface area contributed by atoms with Crippen molar-refractivity contribution in [2.75, 3.05) is 5.73 Å². The lowest BCUT2D eigenvalue weighted by molar-refractivity contribution is 0.232. The molecule has 0 amide bonds. The zero-order valence-corrected chi connectivity index (χ0v) is 11.1. The largest absolute Gasteiger partial charge is 0.473 e. The number of halogens is 2. The van der Waals surface area contributed by atoms with Gasteiger partial charge in [0.15, 0.2) is 11.6 Å². The number of anilines is 1. The Morgan fingerprint density at radius 2 is 1.85 bits per heavy atom. The van der Waals surface area contributed by atoms with Crippen molar-refractivity contribution in [1.29, 1.82) is 0 Å². The Balaban J connectivity index is 2.22. The average molecular weight is 280 g/mol. The molecule has 0 spiro atoms. The monoisotopic (exact) mass is 280 g/mol. The van der Waals surface area contributed by atoms with E-state index < -0.39 is 11.6 Å². The number of aromatic nitrogens is 1. The van der Waals surface area contributed by atoms with Gasteiger partial charge in [0.1, 0.15) is 5.75 Å². The molecule has 1 aromatic heterocycles. The van der Waals surface area contributed by atoms with E-state index in [9.17, 15) is 8.78 Å². The predicted molar refractivity (Wildman–Crippen MR) is 70.8 cm³/mol. The van der Waals surface area contributed by atoms with Gasteiger partial charge in [-0.2, -0.15) is 4.98 Å². The van der Waals surface area contributed by atoms with Gasteiger partial charge in [0.25, 0.3) is 0 Å². The standard InChI is InChI=1S/C14H14F2N2O2/c1-8(2)19-14-12(17)5-6-13(18-14)20-9-3-4-10(15)11(16)7-9/h3-8H,17H2,1-2H3. The molecule has 0 saturated carbocycles. The third-order valence-electron chi connectivity index (χ3n) is 2.32. The van der Waals surface area contributed by atoms with Gasteiger partial charge >= 0.3 is 0 Å². The molecule has 0 unspecified atom stereocenters. The van der Waals surface area contributed by atoms with E-state index in [0.29, 0.717) is 5.69 Å². The third kappa shape index (κ3) is 3.34. The molecule has 2 rings (SSSR count). The minimum atomic E-state index is -0.989. The lowest BCUT2D eigenvalue weighted by Gasteiger charge is -2.12. The molecular weight excluding hydrogens is 266 g/mol. The second-order valence-corrected chi connectivity index (χ2v) is 4.39. The molecule has 106 valence electrons. The minimum absolute atomic E-state index is 0.0942. The Bertz CT molecular complexity index is 618. The summed E-state index contributed by atoms with van der Waals surface area (Å²) in [6.07, 6.45) is -0.0942. The van der Waals surface area contributed by atoms with Crippen molar-refractivity contribution in [3.63, 3.8) is 0 Å².